The van der Waals surface area contributed by atoms with Gasteiger partial charge >= 0.3 is 12.2 Å². The third-order valence-corrected chi connectivity index (χ3v) is 5.21. The molecule has 5 nitrogen and oxygen atoms in total. The van der Waals surface area contributed by atoms with Crippen molar-refractivity contribution in [3.05, 3.63) is 76.5 Å². The van der Waals surface area contributed by atoms with Crippen LogP contribution in [0, 0.1) is 11.7 Å². The van der Waals surface area contributed by atoms with E-state index in [-0.39, 0.29) is 11.3 Å². The average Bonchev–Trinajstić information content (AvgIpc) is 2.74. The van der Waals surface area contributed by atoms with Crippen LogP contribution in [0.5, 0.6) is 0 Å². The highest BCUT2D eigenvalue weighted by molar-refractivity contribution is 5.91. The van der Waals surface area contributed by atoms with Crippen LogP contribution in [0.1, 0.15) is 32.4 Å². The molecule has 1 atom stereocenters. The Kier molecular flexibility index (Phi) is 7.09. The number of amides is 2. The summed E-state index contributed by atoms with van der Waals surface area (Å²) in [6.45, 7) is 4.40. The molecule has 2 amide bonds. The zero-order valence-corrected chi connectivity index (χ0v) is 18.5. The zero-order valence-electron chi connectivity index (χ0n) is 18.5. The third-order valence-electron chi connectivity index (χ3n) is 5.21. The summed E-state index contributed by atoms with van der Waals surface area (Å²) >= 11 is 0. The van der Waals surface area contributed by atoms with Gasteiger partial charge in [0.25, 0.3) is 5.56 Å². The molecule has 0 aliphatic heterocycles. The molecule has 0 saturated heterocycles. The Morgan fingerprint density at radius 3 is 2.21 bits per heavy atom. The molecule has 9 heteroatoms. The number of aromatic nitrogens is 1. The van der Waals surface area contributed by atoms with Crippen molar-refractivity contribution >= 4 is 22.5 Å². The number of pyridine rings is 1. The van der Waals surface area contributed by atoms with E-state index in [1.54, 1.807) is 25.1 Å². The number of nitrogens with one attached hydrogen (secondary N) is 1. The lowest BCUT2D eigenvalue weighted by Gasteiger charge is -2.32. The highest BCUT2D eigenvalue weighted by atomic mass is 19.4. The van der Waals surface area contributed by atoms with Crippen LogP contribution in [0.3, 0.4) is 0 Å². The van der Waals surface area contributed by atoms with E-state index in [4.69, 9.17) is 0 Å². The molecule has 2 aromatic carbocycles. The van der Waals surface area contributed by atoms with E-state index in [1.807, 2.05) is 13.8 Å². The predicted octanol–water partition coefficient (Wildman–Crippen LogP) is 5.95. The number of halogens is 4. The van der Waals surface area contributed by atoms with Gasteiger partial charge in [0.05, 0.1) is 6.04 Å². The fraction of sp³-hybridized carbons (Fsp3) is 0.333. The van der Waals surface area contributed by atoms with Crippen LogP contribution in [0.4, 0.5) is 28.0 Å². The molecule has 0 unspecified atom stereocenters. The molecule has 1 N–H and O–H groups in total. The number of urea groups is 1. The molecule has 0 fully saturated rings. The van der Waals surface area contributed by atoms with Gasteiger partial charge in [0.1, 0.15) is 12.4 Å². The first-order chi connectivity index (χ1) is 15.5. The fourth-order valence-corrected chi connectivity index (χ4v) is 3.72. The van der Waals surface area contributed by atoms with Crippen LogP contribution in [-0.4, -0.2) is 28.2 Å². The van der Waals surface area contributed by atoms with E-state index in [1.165, 1.54) is 41.4 Å². The number of hydrogen-bond donors (Lipinski definition) is 1. The quantitative estimate of drug-likeness (QED) is 0.459. The SMILES string of the molecule is CC(C)CN(C(=O)Nc1ccc(F)cc1)[C@@H](C)c1cn(CC(F)(F)F)c(=O)c2ccccc12. The zero-order chi connectivity index (χ0) is 24.3. The van der Waals surface area contributed by atoms with Crippen molar-refractivity contribution in [1.29, 1.82) is 0 Å². The van der Waals surface area contributed by atoms with Gasteiger partial charge in [-0.3, -0.25) is 4.79 Å². The maximum absolute atomic E-state index is 13.2. The third kappa shape index (κ3) is 5.91. The van der Waals surface area contributed by atoms with E-state index in [2.05, 4.69) is 5.32 Å². The van der Waals surface area contributed by atoms with Crippen LogP contribution in [-0.2, 0) is 6.54 Å². The number of alkyl halides is 3. The molecule has 1 aromatic heterocycles. The first-order valence-electron chi connectivity index (χ1n) is 10.5. The highest BCUT2D eigenvalue weighted by Gasteiger charge is 2.30. The Hall–Kier alpha value is -3.36. The summed E-state index contributed by atoms with van der Waals surface area (Å²) in [6.07, 6.45) is -3.40. The highest BCUT2D eigenvalue weighted by Crippen LogP contribution is 2.29. The number of anilines is 1. The lowest BCUT2D eigenvalue weighted by Crippen LogP contribution is -2.40. The number of benzene rings is 2. The second kappa shape index (κ2) is 9.64. The van der Waals surface area contributed by atoms with Crippen LogP contribution in [0.2, 0.25) is 0 Å². The molecule has 0 saturated carbocycles. The van der Waals surface area contributed by atoms with Crippen LogP contribution in [0.25, 0.3) is 10.8 Å². The van der Waals surface area contributed by atoms with E-state index >= 15 is 0 Å². The van der Waals surface area contributed by atoms with Crippen molar-refractivity contribution in [3.8, 4) is 0 Å². The van der Waals surface area contributed by atoms with Gasteiger partial charge in [-0.15, -0.1) is 0 Å². The Labute approximate surface area is 188 Å². The minimum absolute atomic E-state index is 0.0544. The molecular formula is C24H25F4N3O2. The van der Waals surface area contributed by atoms with Gasteiger partial charge in [-0.2, -0.15) is 13.2 Å². The smallest absolute Gasteiger partial charge is 0.317 e. The van der Waals surface area contributed by atoms with Crippen molar-refractivity contribution in [2.75, 3.05) is 11.9 Å². The molecule has 3 aromatic rings. The van der Waals surface area contributed by atoms with Crippen molar-refractivity contribution in [2.45, 2.75) is 39.5 Å². The summed E-state index contributed by atoms with van der Waals surface area (Å²) in [5, 5.41) is 3.34. The lowest BCUT2D eigenvalue weighted by molar-refractivity contribution is -0.141. The maximum atomic E-state index is 13.2. The molecule has 0 spiro atoms. The number of rotatable bonds is 6. The van der Waals surface area contributed by atoms with E-state index in [0.717, 1.165) is 0 Å². The minimum atomic E-state index is -4.58. The fourth-order valence-electron chi connectivity index (χ4n) is 3.72. The van der Waals surface area contributed by atoms with E-state index < -0.39 is 36.2 Å². The van der Waals surface area contributed by atoms with Crippen molar-refractivity contribution in [1.82, 2.24) is 9.47 Å². The summed E-state index contributed by atoms with van der Waals surface area (Å²) in [5.41, 5.74) is 0.0589. The summed E-state index contributed by atoms with van der Waals surface area (Å²) < 4.78 is 53.2. The standard InChI is InChI=1S/C24H25F4N3O2/c1-15(2)12-31(23(33)29-18-10-8-17(25)9-11-18)16(3)21-13-30(14-24(26,27)28)22(32)20-7-5-4-6-19(20)21/h4-11,13,15-16H,12,14H2,1-3H3,(H,29,33)/t16-/m0/s1. The van der Waals surface area contributed by atoms with Gasteiger partial charge in [-0.1, -0.05) is 32.0 Å². The van der Waals surface area contributed by atoms with Crippen molar-refractivity contribution in [3.63, 3.8) is 0 Å². The Bertz CT molecular complexity index is 1190. The molecule has 176 valence electrons. The molecule has 0 aliphatic carbocycles. The monoisotopic (exact) mass is 463 g/mol. The van der Waals surface area contributed by atoms with Gasteiger partial charge in [-0.05, 0) is 54.1 Å². The van der Waals surface area contributed by atoms with E-state index in [9.17, 15) is 27.2 Å². The normalized spacial score (nSPS) is 12.7. The minimum Gasteiger partial charge on any atom is -0.317 e. The second-order valence-corrected chi connectivity index (χ2v) is 8.34. The van der Waals surface area contributed by atoms with Gasteiger partial charge < -0.3 is 14.8 Å². The summed E-state index contributed by atoms with van der Waals surface area (Å²) in [5.74, 6) is -0.391. The molecule has 3 rings (SSSR count). The maximum Gasteiger partial charge on any atom is 0.406 e. The van der Waals surface area contributed by atoms with Crippen molar-refractivity contribution < 1.29 is 22.4 Å². The molecule has 0 aliphatic rings. The Morgan fingerprint density at radius 1 is 1.03 bits per heavy atom. The Morgan fingerprint density at radius 2 is 1.64 bits per heavy atom. The van der Waals surface area contributed by atoms with Gasteiger partial charge in [0.2, 0.25) is 0 Å². The molecule has 33 heavy (non-hydrogen) atoms. The molecule has 0 bridgehead atoms. The predicted molar refractivity (Wildman–Crippen MR) is 120 cm³/mol. The van der Waals surface area contributed by atoms with Gasteiger partial charge in [-0.25, -0.2) is 9.18 Å². The second-order valence-electron chi connectivity index (χ2n) is 8.34. The molecular weight excluding hydrogens is 438 g/mol. The van der Waals surface area contributed by atoms with Gasteiger partial charge in [0, 0.05) is 23.8 Å². The molecule has 1 heterocycles. The number of fused-ring (bicyclic) bond motifs is 1. The average molecular weight is 463 g/mol. The van der Waals surface area contributed by atoms with Crippen LogP contribution < -0.4 is 10.9 Å². The molecule has 0 radical (unpaired) electrons. The Balaban J connectivity index is 2.06. The van der Waals surface area contributed by atoms with Crippen LogP contribution >= 0.6 is 0 Å². The summed E-state index contributed by atoms with van der Waals surface area (Å²) in [4.78, 5) is 27.3. The lowest BCUT2D eigenvalue weighted by atomic mass is 10.0. The summed E-state index contributed by atoms with van der Waals surface area (Å²) in [7, 11) is 0. The topological polar surface area (TPSA) is 54.3 Å². The first-order valence-corrected chi connectivity index (χ1v) is 10.5. The summed E-state index contributed by atoms with van der Waals surface area (Å²) in [6, 6.07) is 10.5. The first kappa shape index (κ1) is 24.3. The van der Waals surface area contributed by atoms with Gasteiger partial charge in [0.15, 0.2) is 0 Å². The number of hydrogen-bond acceptors (Lipinski definition) is 2. The number of nitrogens with zero attached hydrogens (tertiary/aromatic N) is 2. The number of carbonyl (C=O) groups is 1. The number of carbonyl (C=O) groups excluding carboxylic acids is 1. The van der Waals surface area contributed by atoms with Crippen molar-refractivity contribution in [2.24, 2.45) is 5.92 Å². The van der Waals surface area contributed by atoms with Crippen LogP contribution in [0.15, 0.2) is 59.5 Å². The largest absolute Gasteiger partial charge is 0.406 e. The van der Waals surface area contributed by atoms with E-state index in [0.29, 0.717) is 27.7 Å².